The number of halogens is 2. The molecule has 0 radical (unpaired) electrons. The fraction of sp³-hybridized carbons (Fsp3) is 0.0714. The van der Waals surface area contributed by atoms with Gasteiger partial charge in [-0.15, -0.1) is 0 Å². The lowest BCUT2D eigenvalue weighted by molar-refractivity contribution is -0.118. The molecule has 0 aliphatic heterocycles. The van der Waals surface area contributed by atoms with Gasteiger partial charge in [0, 0.05) is 10.5 Å². The van der Waals surface area contributed by atoms with E-state index < -0.39 is 5.82 Å². The van der Waals surface area contributed by atoms with Gasteiger partial charge in [0.1, 0.15) is 11.6 Å². The Morgan fingerprint density at radius 1 is 1.30 bits per heavy atom. The molecule has 2 rings (SSSR count). The van der Waals surface area contributed by atoms with Crippen LogP contribution in [-0.4, -0.2) is 12.5 Å². The van der Waals surface area contributed by atoms with Crippen LogP contribution >= 0.6 is 15.9 Å². The quantitative estimate of drug-likeness (QED) is 0.841. The zero-order valence-corrected chi connectivity index (χ0v) is 12.0. The summed E-state index contributed by atoms with van der Waals surface area (Å²) in [7, 11) is 0. The van der Waals surface area contributed by atoms with E-state index in [1.54, 1.807) is 30.3 Å². The third-order valence-corrected chi connectivity index (χ3v) is 2.90. The second kappa shape index (κ2) is 6.38. The first-order valence-electron chi connectivity index (χ1n) is 5.78. The summed E-state index contributed by atoms with van der Waals surface area (Å²) in [4.78, 5) is 11.7. The van der Waals surface area contributed by atoms with Crippen molar-refractivity contribution in [2.24, 2.45) is 0 Å². The molecule has 3 N–H and O–H groups in total. The van der Waals surface area contributed by atoms with Crippen molar-refractivity contribution in [1.29, 1.82) is 0 Å². The van der Waals surface area contributed by atoms with Crippen molar-refractivity contribution < 1.29 is 13.9 Å². The molecule has 104 valence electrons. The molecule has 6 heteroatoms. The van der Waals surface area contributed by atoms with Gasteiger partial charge in [0.05, 0.1) is 11.4 Å². The highest BCUT2D eigenvalue weighted by Crippen LogP contribution is 2.21. The Morgan fingerprint density at radius 2 is 2.05 bits per heavy atom. The number of carbonyl (C=O) groups is 1. The number of nitrogens with two attached hydrogens (primary N) is 1. The summed E-state index contributed by atoms with van der Waals surface area (Å²) in [5.41, 5.74) is 6.69. The molecule has 1 amide bonds. The molecule has 2 aromatic rings. The van der Waals surface area contributed by atoms with E-state index in [4.69, 9.17) is 10.5 Å². The number of ether oxygens (including phenoxy) is 1. The van der Waals surface area contributed by atoms with Gasteiger partial charge in [-0.2, -0.15) is 0 Å². The summed E-state index contributed by atoms with van der Waals surface area (Å²) in [5, 5.41) is 2.62. The molecule has 0 saturated carbocycles. The SMILES string of the molecule is Nc1ccccc1NC(=O)COc1cc(F)cc(Br)c1. The second-order valence-electron chi connectivity index (χ2n) is 4.03. The van der Waals surface area contributed by atoms with Gasteiger partial charge < -0.3 is 15.8 Å². The van der Waals surface area contributed by atoms with Crippen LogP contribution in [0.2, 0.25) is 0 Å². The Kier molecular flexibility index (Phi) is 4.57. The van der Waals surface area contributed by atoms with E-state index in [0.717, 1.165) is 0 Å². The first-order chi connectivity index (χ1) is 9.54. The normalized spacial score (nSPS) is 10.1. The van der Waals surface area contributed by atoms with Crippen LogP contribution in [0.1, 0.15) is 0 Å². The van der Waals surface area contributed by atoms with Crippen molar-refractivity contribution in [2.75, 3.05) is 17.7 Å². The molecular weight excluding hydrogens is 327 g/mol. The number of nitrogen functional groups attached to an aromatic ring is 1. The van der Waals surface area contributed by atoms with Crippen LogP contribution in [0.5, 0.6) is 5.75 Å². The van der Waals surface area contributed by atoms with Crippen molar-refractivity contribution >= 4 is 33.2 Å². The van der Waals surface area contributed by atoms with Crippen molar-refractivity contribution in [3.8, 4) is 5.75 Å². The maximum atomic E-state index is 13.1. The van der Waals surface area contributed by atoms with Gasteiger partial charge in [-0.1, -0.05) is 28.1 Å². The predicted octanol–water partition coefficient (Wildman–Crippen LogP) is 3.19. The molecule has 4 nitrogen and oxygen atoms in total. The third kappa shape index (κ3) is 3.96. The summed E-state index contributed by atoms with van der Waals surface area (Å²) < 4.78 is 18.9. The van der Waals surface area contributed by atoms with Gasteiger partial charge in [-0.3, -0.25) is 4.79 Å². The molecule has 0 fully saturated rings. The van der Waals surface area contributed by atoms with Crippen molar-refractivity contribution in [2.45, 2.75) is 0 Å². The summed E-state index contributed by atoms with van der Waals surface area (Å²) in [5.74, 6) is -0.543. The van der Waals surface area contributed by atoms with Crippen LogP contribution in [0, 0.1) is 5.82 Å². The van der Waals surface area contributed by atoms with E-state index in [0.29, 0.717) is 15.8 Å². The van der Waals surface area contributed by atoms with E-state index in [9.17, 15) is 9.18 Å². The fourth-order valence-electron chi connectivity index (χ4n) is 1.56. The Morgan fingerprint density at radius 3 is 2.75 bits per heavy atom. The number of carbonyl (C=O) groups excluding carboxylic acids is 1. The molecule has 0 unspecified atom stereocenters. The lowest BCUT2D eigenvalue weighted by Crippen LogP contribution is -2.20. The fourth-order valence-corrected chi connectivity index (χ4v) is 2.00. The van der Waals surface area contributed by atoms with Crippen LogP contribution in [0.25, 0.3) is 0 Å². The molecule has 0 atom stereocenters. The van der Waals surface area contributed by atoms with Crippen LogP contribution in [0.15, 0.2) is 46.9 Å². The number of rotatable bonds is 4. The van der Waals surface area contributed by atoms with Gasteiger partial charge in [-0.05, 0) is 24.3 Å². The minimum absolute atomic E-state index is 0.232. The number of hydrogen-bond acceptors (Lipinski definition) is 3. The minimum atomic E-state index is -0.443. The Hall–Kier alpha value is -2.08. The molecule has 20 heavy (non-hydrogen) atoms. The highest BCUT2D eigenvalue weighted by atomic mass is 79.9. The molecule has 0 aliphatic rings. The number of nitrogens with one attached hydrogen (secondary N) is 1. The zero-order valence-electron chi connectivity index (χ0n) is 10.4. The van der Waals surface area contributed by atoms with Crippen LogP contribution in [-0.2, 0) is 4.79 Å². The van der Waals surface area contributed by atoms with Crippen molar-refractivity contribution in [3.63, 3.8) is 0 Å². The highest BCUT2D eigenvalue weighted by Gasteiger charge is 2.07. The molecule has 0 spiro atoms. The van der Waals surface area contributed by atoms with E-state index >= 15 is 0 Å². The Balaban J connectivity index is 1.94. The van der Waals surface area contributed by atoms with E-state index in [1.165, 1.54) is 12.1 Å². The Labute approximate surface area is 123 Å². The first-order valence-corrected chi connectivity index (χ1v) is 6.57. The lowest BCUT2D eigenvalue weighted by Gasteiger charge is -2.09. The monoisotopic (exact) mass is 338 g/mol. The number of amides is 1. The minimum Gasteiger partial charge on any atom is -0.484 e. The van der Waals surface area contributed by atoms with Gasteiger partial charge in [0.15, 0.2) is 6.61 Å². The maximum absolute atomic E-state index is 13.1. The third-order valence-electron chi connectivity index (χ3n) is 2.44. The predicted molar refractivity (Wildman–Crippen MR) is 79.1 cm³/mol. The Bertz CT molecular complexity index is 614. The molecule has 0 aromatic heterocycles. The number of hydrogen-bond donors (Lipinski definition) is 2. The molecular formula is C14H12BrFN2O2. The van der Waals surface area contributed by atoms with Crippen LogP contribution in [0.3, 0.4) is 0 Å². The summed E-state index contributed by atoms with van der Waals surface area (Å²) >= 11 is 3.15. The number of benzene rings is 2. The highest BCUT2D eigenvalue weighted by molar-refractivity contribution is 9.10. The van der Waals surface area contributed by atoms with Gasteiger partial charge >= 0.3 is 0 Å². The molecule has 0 aliphatic carbocycles. The van der Waals surface area contributed by atoms with Crippen molar-refractivity contribution in [1.82, 2.24) is 0 Å². The van der Waals surface area contributed by atoms with E-state index in [1.807, 2.05) is 0 Å². The largest absolute Gasteiger partial charge is 0.484 e. The number of anilines is 2. The summed E-state index contributed by atoms with van der Waals surface area (Å²) in [6.07, 6.45) is 0. The average molecular weight is 339 g/mol. The van der Waals surface area contributed by atoms with Gasteiger partial charge in [0.2, 0.25) is 0 Å². The van der Waals surface area contributed by atoms with Crippen LogP contribution < -0.4 is 15.8 Å². The van der Waals surface area contributed by atoms with E-state index in [-0.39, 0.29) is 18.3 Å². The molecule has 2 aromatic carbocycles. The topological polar surface area (TPSA) is 64.3 Å². The summed E-state index contributed by atoms with van der Waals surface area (Å²) in [6, 6.07) is 11.0. The van der Waals surface area contributed by atoms with Crippen LogP contribution in [0.4, 0.5) is 15.8 Å². The molecule has 0 saturated heterocycles. The first kappa shape index (κ1) is 14.3. The second-order valence-corrected chi connectivity index (χ2v) is 4.94. The number of para-hydroxylation sites is 2. The van der Waals surface area contributed by atoms with Crippen molar-refractivity contribution in [3.05, 3.63) is 52.8 Å². The standard InChI is InChI=1S/C14H12BrFN2O2/c15-9-5-10(16)7-11(6-9)20-8-14(19)18-13-4-2-1-3-12(13)17/h1-7H,8,17H2,(H,18,19). The lowest BCUT2D eigenvalue weighted by atomic mass is 10.2. The average Bonchev–Trinajstić information content (AvgIpc) is 2.38. The molecule has 0 heterocycles. The van der Waals surface area contributed by atoms with Gasteiger partial charge in [-0.25, -0.2) is 4.39 Å². The maximum Gasteiger partial charge on any atom is 0.262 e. The summed E-state index contributed by atoms with van der Waals surface area (Å²) in [6.45, 7) is -0.232. The zero-order chi connectivity index (χ0) is 14.5. The smallest absolute Gasteiger partial charge is 0.262 e. The molecule has 0 bridgehead atoms. The van der Waals surface area contributed by atoms with Gasteiger partial charge in [0.25, 0.3) is 5.91 Å². The van der Waals surface area contributed by atoms with E-state index in [2.05, 4.69) is 21.2 Å².